The molecule has 1 aliphatic carbocycles. The average Bonchev–Trinajstić information content (AvgIpc) is 3.25. The number of benzene rings is 2. The van der Waals surface area contributed by atoms with Crippen molar-refractivity contribution in [2.24, 2.45) is 11.1 Å². The van der Waals surface area contributed by atoms with Crippen molar-refractivity contribution in [3.63, 3.8) is 0 Å². The Labute approximate surface area is 129 Å². The highest BCUT2D eigenvalue weighted by Crippen LogP contribution is 2.49. The van der Waals surface area contributed by atoms with Crippen molar-refractivity contribution < 1.29 is 13.2 Å². The van der Waals surface area contributed by atoms with E-state index in [0.29, 0.717) is 0 Å². The van der Waals surface area contributed by atoms with E-state index in [1.54, 1.807) is 0 Å². The largest absolute Gasteiger partial charge is 0.355 e. The van der Waals surface area contributed by atoms with E-state index in [2.05, 4.69) is 29.6 Å². The first kappa shape index (κ1) is 15.0. The molecule has 22 heavy (non-hydrogen) atoms. The number of fused-ring (bicyclic) bond motifs is 1. The van der Waals surface area contributed by atoms with Crippen molar-refractivity contribution >= 4 is 26.7 Å². The Bertz CT molecular complexity index is 812. The van der Waals surface area contributed by atoms with Crippen LogP contribution in [0.5, 0.6) is 0 Å². The fourth-order valence-corrected chi connectivity index (χ4v) is 3.24. The molecule has 0 heterocycles. The van der Waals surface area contributed by atoms with Gasteiger partial charge in [-0.25, -0.2) is 13.6 Å². The predicted molar refractivity (Wildman–Crippen MR) is 85.8 cm³/mol. The average molecular weight is 318 g/mol. The van der Waals surface area contributed by atoms with Gasteiger partial charge in [-0.2, -0.15) is 0 Å². The highest BCUT2D eigenvalue weighted by molar-refractivity contribution is 7.89. The third-order valence-electron chi connectivity index (χ3n) is 4.04. The van der Waals surface area contributed by atoms with Crippen LogP contribution in [-0.2, 0) is 14.8 Å². The second-order valence-electron chi connectivity index (χ2n) is 5.68. The molecule has 5 nitrogen and oxygen atoms in total. The monoisotopic (exact) mass is 318 g/mol. The van der Waals surface area contributed by atoms with Gasteiger partial charge in [0.05, 0.1) is 5.75 Å². The first-order valence-electron chi connectivity index (χ1n) is 7.21. The molecule has 3 N–H and O–H groups in total. The van der Waals surface area contributed by atoms with Gasteiger partial charge in [-0.15, -0.1) is 0 Å². The summed E-state index contributed by atoms with van der Waals surface area (Å²) in [7, 11) is -3.53. The minimum Gasteiger partial charge on any atom is -0.355 e. The zero-order valence-electron chi connectivity index (χ0n) is 12.0. The lowest BCUT2D eigenvalue weighted by atomic mass is 10.00. The van der Waals surface area contributed by atoms with E-state index < -0.39 is 10.0 Å². The summed E-state index contributed by atoms with van der Waals surface area (Å²) < 4.78 is 21.7. The normalized spacial score (nSPS) is 20.8. The van der Waals surface area contributed by atoms with Gasteiger partial charge in [-0.05, 0) is 28.7 Å². The molecule has 0 aromatic heterocycles. The molecule has 6 heteroatoms. The SMILES string of the molecule is NS(=O)(=O)CCNC(=O)[C@H]1C[C@@H]1c1cccc2ccccc12. The number of amides is 1. The van der Waals surface area contributed by atoms with E-state index >= 15 is 0 Å². The molecule has 1 saturated carbocycles. The fraction of sp³-hybridized carbons (Fsp3) is 0.312. The molecule has 1 aliphatic rings. The van der Waals surface area contributed by atoms with E-state index in [4.69, 9.17) is 5.14 Å². The smallest absolute Gasteiger partial charge is 0.223 e. The molecule has 1 fully saturated rings. The van der Waals surface area contributed by atoms with Gasteiger partial charge in [0.1, 0.15) is 0 Å². The lowest BCUT2D eigenvalue weighted by molar-refractivity contribution is -0.122. The number of carbonyl (C=O) groups is 1. The molecule has 1 amide bonds. The summed E-state index contributed by atoms with van der Waals surface area (Å²) in [5, 5.41) is 9.91. The predicted octanol–water partition coefficient (Wildman–Crippen LogP) is 1.35. The zero-order valence-corrected chi connectivity index (χ0v) is 12.8. The summed E-state index contributed by atoms with van der Waals surface area (Å²) in [6, 6.07) is 14.2. The molecule has 0 aliphatic heterocycles. The van der Waals surface area contributed by atoms with Crippen LogP contribution in [0.25, 0.3) is 10.8 Å². The molecule has 2 aromatic carbocycles. The Hall–Kier alpha value is -1.92. The summed E-state index contributed by atoms with van der Waals surface area (Å²) in [4.78, 5) is 12.1. The van der Waals surface area contributed by atoms with Gasteiger partial charge in [0, 0.05) is 12.5 Å². The molecule has 116 valence electrons. The van der Waals surface area contributed by atoms with Crippen molar-refractivity contribution in [2.45, 2.75) is 12.3 Å². The van der Waals surface area contributed by atoms with Crippen LogP contribution >= 0.6 is 0 Å². The minimum absolute atomic E-state index is 0.0659. The molecule has 0 unspecified atom stereocenters. The third kappa shape index (κ3) is 3.28. The van der Waals surface area contributed by atoms with Gasteiger partial charge < -0.3 is 5.32 Å². The molecule has 2 atom stereocenters. The van der Waals surface area contributed by atoms with Gasteiger partial charge >= 0.3 is 0 Å². The Morgan fingerprint density at radius 2 is 1.91 bits per heavy atom. The Balaban J connectivity index is 1.67. The van der Waals surface area contributed by atoms with Crippen LogP contribution in [0.15, 0.2) is 42.5 Å². The van der Waals surface area contributed by atoms with Crippen LogP contribution < -0.4 is 10.5 Å². The number of nitrogens with two attached hydrogens (primary N) is 1. The molecule has 0 spiro atoms. The summed E-state index contributed by atoms with van der Waals surface area (Å²) in [6.07, 6.45) is 0.801. The fourth-order valence-electron chi connectivity index (χ4n) is 2.85. The van der Waals surface area contributed by atoms with Gasteiger partial charge in [0.15, 0.2) is 0 Å². The number of primary sulfonamides is 1. The van der Waals surface area contributed by atoms with Crippen molar-refractivity contribution in [3.8, 4) is 0 Å². The molecule has 0 bridgehead atoms. The van der Waals surface area contributed by atoms with Crippen LogP contribution in [-0.4, -0.2) is 26.6 Å². The van der Waals surface area contributed by atoms with Crippen LogP contribution in [0, 0.1) is 5.92 Å². The van der Waals surface area contributed by atoms with Crippen molar-refractivity contribution in [1.29, 1.82) is 0 Å². The molecule has 0 radical (unpaired) electrons. The van der Waals surface area contributed by atoms with Crippen LogP contribution in [0.3, 0.4) is 0 Å². The number of rotatable bonds is 5. The summed E-state index contributed by atoms with van der Waals surface area (Å²) in [6.45, 7) is 0.0659. The van der Waals surface area contributed by atoms with E-state index in [-0.39, 0.29) is 30.0 Å². The molecule has 2 aromatic rings. The summed E-state index contributed by atoms with van der Waals surface area (Å²) in [5.41, 5.74) is 1.18. The number of hydrogen-bond donors (Lipinski definition) is 2. The van der Waals surface area contributed by atoms with Crippen LogP contribution in [0.2, 0.25) is 0 Å². The first-order chi connectivity index (χ1) is 10.5. The van der Waals surface area contributed by atoms with Gasteiger partial charge in [0.25, 0.3) is 0 Å². The molecule has 0 saturated heterocycles. The Kier molecular flexibility index (Phi) is 3.88. The maximum atomic E-state index is 12.1. The van der Waals surface area contributed by atoms with Crippen molar-refractivity contribution in [2.75, 3.05) is 12.3 Å². The quantitative estimate of drug-likeness (QED) is 0.872. The van der Waals surface area contributed by atoms with E-state index in [1.165, 1.54) is 16.3 Å². The van der Waals surface area contributed by atoms with Crippen molar-refractivity contribution in [3.05, 3.63) is 48.0 Å². The lowest BCUT2D eigenvalue weighted by Gasteiger charge is -2.07. The van der Waals surface area contributed by atoms with Crippen LogP contribution in [0.1, 0.15) is 17.9 Å². The maximum absolute atomic E-state index is 12.1. The summed E-state index contributed by atoms with van der Waals surface area (Å²) in [5.74, 6) is -0.196. The number of carbonyl (C=O) groups excluding carboxylic acids is 1. The van der Waals surface area contributed by atoms with Crippen molar-refractivity contribution in [1.82, 2.24) is 5.32 Å². The van der Waals surface area contributed by atoms with Gasteiger partial charge in [-0.1, -0.05) is 42.5 Å². The van der Waals surface area contributed by atoms with E-state index in [9.17, 15) is 13.2 Å². The van der Waals surface area contributed by atoms with E-state index in [1.807, 2.05) is 18.2 Å². The lowest BCUT2D eigenvalue weighted by Crippen LogP contribution is -2.32. The second-order valence-corrected chi connectivity index (χ2v) is 7.41. The van der Waals surface area contributed by atoms with Gasteiger partial charge in [0.2, 0.25) is 15.9 Å². The Morgan fingerprint density at radius 1 is 1.18 bits per heavy atom. The topological polar surface area (TPSA) is 89.3 Å². The highest BCUT2D eigenvalue weighted by Gasteiger charge is 2.44. The number of hydrogen-bond acceptors (Lipinski definition) is 3. The molecular weight excluding hydrogens is 300 g/mol. The standard InChI is InChI=1S/C16H18N2O3S/c17-22(20,21)9-8-18-16(19)15-10-14(15)13-7-3-5-11-4-1-2-6-12(11)13/h1-7,14-15H,8-10H2,(H,18,19)(H2,17,20,21)/t14-,15+/m1/s1. The maximum Gasteiger partial charge on any atom is 0.223 e. The van der Waals surface area contributed by atoms with E-state index in [0.717, 1.165) is 6.42 Å². The van der Waals surface area contributed by atoms with Crippen LogP contribution in [0.4, 0.5) is 0 Å². The minimum atomic E-state index is -3.53. The molecule has 3 rings (SSSR count). The zero-order chi connectivity index (χ0) is 15.7. The highest BCUT2D eigenvalue weighted by atomic mass is 32.2. The van der Waals surface area contributed by atoms with Gasteiger partial charge in [-0.3, -0.25) is 4.79 Å². The number of nitrogens with one attached hydrogen (secondary N) is 1. The number of sulfonamides is 1. The Morgan fingerprint density at radius 3 is 2.68 bits per heavy atom. The first-order valence-corrected chi connectivity index (χ1v) is 8.93. The molecular formula is C16H18N2O3S. The second kappa shape index (κ2) is 5.70. The third-order valence-corrected chi connectivity index (χ3v) is 4.81. The summed E-state index contributed by atoms with van der Waals surface area (Å²) >= 11 is 0.